The highest BCUT2D eigenvalue weighted by Crippen LogP contribution is 2.11. The number of aliphatic carboxylic acids is 1. The minimum Gasteiger partial charge on any atom is -0.493 e. The molecule has 1 atom stereocenters. The molecule has 0 aliphatic rings. The van der Waals surface area contributed by atoms with Crippen LogP contribution < -0.4 is 10.1 Å². The lowest BCUT2D eigenvalue weighted by Gasteiger charge is -2.13. The first-order valence-corrected chi connectivity index (χ1v) is 6.04. The molecule has 1 unspecified atom stereocenters. The van der Waals surface area contributed by atoms with Crippen LogP contribution in [0, 0.1) is 5.82 Å². The zero-order valence-electron chi connectivity index (χ0n) is 10.7. The molecule has 1 rings (SSSR count). The number of aliphatic hydroxyl groups excluding tert-OH is 1. The molecule has 0 radical (unpaired) electrons. The molecule has 6 nitrogen and oxygen atoms in total. The Hall–Kier alpha value is -2.15. The van der Waals surface area contributed by atoms with Crippen LogP contribution in [0.2, 0.25) is 0 Å². The second-order valence-electron chi connectivity index (χ2n) is 4.02. The van der Waals surface area contributed by atoms with Crippen molar-refractivity contribution in [3.63, 3.8) is 0 Å². The van der Waals surface area contributed by atoms with E-state index in [1.807, 2.05) is 0 Å². The van der Waals surface area contributed by atoms with Gasteiger partial charge in [-0.1, -0.05) is 0 Å². The standard InChI is InChI=1S/C13H16FNO5/c14-9-1-3-10(4-2-9)20-8-6-12(17)15-11(5-7-16)13(18)19/h1-4,11,16H,5-8H2,(H,15,17)(H,18,19). The average molecular weight is 285 g/mol. The number of hydrogen-bond donors (Lipinski definition) is 3. The van der Waals surface area contributed by atoms with Gasteiger partial charge in [-0.2, -0.15) is 0 Å². The summed E-state index contributed by atoms with van der Waals surface area (Å²) in [6.07, 6.45) is -0.0908. The normalized spacial score (nSPS) is 11.7. The van der Waals surface area contributed by atoms with Gasteiger partial charge in [-0.15, -0.1) is 0 Å². The van der Waals surface area contributed by atoms with Crippen molar-refractivity contribution in [2.45, 2.75) is 18.9 Å². The Morgan fingerprint density at radius 1 is 1.30 bits per heavy atom. The zero-order valence-corrected chi connectivity index (χ0v) is 10.7. The molecule has 7 heteroatoms. The number of halogens is 1. The van der Waals surface area contributed by atoms with Crippen LogP contribution >= 0.6 is 0 Å². The van der Waals surface area contributed by atoms with Gasteiger partial charge in [-0.05, 0) is 24.3 Å². The molecule has 1 aromatic rings. The van der Waals surface area contributed by atoms with E-state index >= 15 is 0 Å². The topological polar surface area (TPSA) is 95.9 Å². The fourth-order valence-electron chi connectivity index (χ4n) is 1.45. The van der Waals surface area contributed by atoms with E-state index in [1.54, 1.807) is 0 Å². The van der Waals surface area contributed by atoms with E-state index in [0.717, 1.165) is 0 Å². The van der Waals surface area contributed by atoms with Crippen LogP contribution in [-0.2, 0) is 9.59 Å². The smallest absolute Gasteiger partial charge is 0.326 e. The summed E-state index contributed by atoms with van der Waals surface area (Å²) < 4.78 is 17.8. The lowest BCUT2D eigenvalue weighted by atomic mass is 10.2. The van der Waals surface area contributed by atoms with Gasteiger partial charge in [-0.25, -0.2) is 9.18 Å². The summed E-state index contributed by atoms with van der Waals surface area (Å²) in [5.41, 5.74) is 0. The van der Waals surface area contributed by atoms with Gasteiger partial charge in [0.15, 0.2) is 0 Å². The lowest BCUT2D eigenvalue weighted by Crippen LogP contribution is -2.41. The first-order chi connectivity index (χ1) is 9.52. The maximum absolute atomic E-state index is 12.6. The van der Waals surface area contributed by atoms with Gasteiger partial charge in [0.1, 0.15) is 17.6 Å². The molecule has 0 heterocycles. The van der Waals surface area contributed by atoms with Crippen molar-refractivity contribution in [2.24, 2.45) is 0 Å². The number of ether oxygens (including phenoxy) is 1. The third-order valence-electron chi connectivity index (χ3n) is 2.46. The van der Waals surface area contributed by atoms with Gasteiger partial charge in [0.25, 0.3) is 0 Å². The van der Waals surface area contributed by atoms with Gasteiger partial charge in [0.05, 0.1) is 13.0 Å². The monoisotopic (exact) mass is 285 g/mol. The number of amides is 1. The number of benzene rings is 1. The van der Waals surface area contributed by atoms with E-state index in [-0.39, 0.29) is 31.9 Å². The average Bonchev–Trinajstić information content (AvgIpc) is 2.40. The Balaban J connectivity index is 2.32. The Kier molecular flexibility index (Phi) is 6.45. The Morgan fingerprint density at radius 3 is 2.50 bits per heavy atom. The van der Waals surface area contributed by atoms with E-state index in [4.69, 9.17) is 14.9 Å². The highest BCUT2D eigenvalue weighted by molar-refractivity contribution is 5.83. The molecule has 20 heavy (non-hydrogen) atoms. The van der Waals surface area contributed by atoms with Gasteiger partial charge < -0.3 is 20.3 Å². The number of nitrogens with one attached hydrogen (secondary N) is 1. The van der Waals surface area contributed by atoms with Crippen molar-refractivity contribution in [3.05, 3.63) is 30.1 Å². The Morgan fingerprint density at radius 2 is 1.95 bits per heavy atom. The molecule has 0 aromatic heterocycles. The van der Waals surface area contributed by atoms with E-state index in [1.165, 1.54) is 24.3 Å². The zero-order chi connectivity index (χ0) is 15.0. The molecule has 0 spiro atoms. The molecular weight excluding hydrogens is 269 g/mol. The molecular formula is C13H16FNO5. The number of hydrogen-bond acceptors (Lipinski definition) is 4. The van der Waals surface area contributed by atoms with Crippen LogP contribution in [0.25, 0.3) is 0 Å². The van der Waals surface area contributed by atoms with E-state index in [9.17, 15) is 14.0 Å². The van der Waals surface area contributed by atoms with Crippen LogP contribution in [-0.4, -0.2) is 41.3 Å². The molecule has 3 N–H and O–H groups in total. The van der Waals surface area contributed by atoms with Gasteiger partial charge >= 0.3 is 5.97 Å². The van der Waals surface area contributed by atoms with Crippen molar-refractivity contribution in [2.75, 3.05) is 13.2 Å². The number of carbonyl (C=O) groups is 2. The van der Waals surface area contributed by atoms with Crippen molar-refractivity contribution in [1.29, 1.82) is 0 Å². The van der Waals surface area contributed by atoms with Crippen LogP contribution in [0.3, 0.4) is 0 Å². The third kappa shape index (κ3) is 5.66. The number of aliphatic hydroxyl groups is 1. The maximum atomic E-state index is 12.6. The largest absolute Gasteiger partial charge is 0.493 e. The highest BCUT2D eigenvalue weighted by Gasteiger charge is 2.18. The summed E-state index contributed by atoms with van der Waals surface area (Å²) in [5.74, 6) is -1.66. The molecule has 0 bridgehead atoms. The molecule has 0 aliphatic carbocycles. The third-order valence-corrected chi connectivity index (χ3v) is 2.46. The van der Waals surface area contributed by atoms with Gasteiger partial charge in [0.2, 0.25) is 5.91 Å². The molecule has 0 saturated carbocycles. The molecule has 0 aliphatic heterocycles. The first-order valence-electron chi connectivity index (χ1n) is 6.04. The van der Waals surface area contributed by atoms with Crippen LogP contribution in [0.4, 0.5) is 4.39 Å². The summed E-state index contributed by atoms with van der Waals surface area (Å²) in [6.45, 7) is -0.285. The first kappa shape index (κ1) is 15.9. The Labute approximate surface area is 115 Å². The predicted octanol–water partition coefficient (Wildman–Crippen LogP) is 0.546. The van der Waals surface area contributed by atoms with Crippen LogP contribution in [0.1, 0.15) is 12.8 Å². The fourth-order valence-corrected chi connectivity index (χ4v) is 1.45. The predicted molar refractivity (Wildman–Crippen MR) is 67.8 cm³/mol. The summed E-state index contributed by atoms with van der Waals surface area (Å²) >= 11 is 0. The second kappa shape index (κ2) is 8.11. The minimum absolute atomic E-state index is 0.0351. The molecule has 1 amide bonds. The van der Waals surface area contributed by atoms with E-state index < -0.39 is 17.9 Å². The fraction of sp³-hybridized carbons (Fsp3) is 0.385. The molecule has 0 fully saturated rings. The van der Waals surface area contributed by atoms with E-state index in [2.05, 4.69) is 5.32 Å². The molecule has 1 aromatic carbocycles. The summed E-state index contributed by atoms with van der Waals surface area (Å²) in [7, 11) is 0. The van der Waals surface area contributed by atoms with Gasteiger partial charge in [-0.3, -0.25) is 4.79 Å². The SMILES string of the molecule is O=C(CCOc1ccc(F)cc1)NC(CCO)C(=O)O. The van der Waals surface area contributed by atoms with Crippen LogP contribution in [0.5, 0.6) is 5.75 Å². The van der Waals surface area contributed by atoms with Crippen molar-refractivity contribution in [3.8, 4) is 5.75 Å². The lowest BCUT2D eigenvalue weighted by molar-refractivity contribution is -0.142. The highest BCUT2D eigenvalue weighted by atomic mass is 19.1. The summed E-state index contributed by atoms with van der Waals surface area (Å²) in [5, 5.41) is 19.7. The number of carboxylic acid groups (broad SMARTS) is 1. The van der Waals surface area contributed by atoms with Crippen molar-refractivity contribution in [1.82, 2.24) is 5.32 Å². The van der Waals surface area contributed by atoms with Crippen molar-refractivity contribution >= 4 is 11.9 Å². The van der Waals surface area contributed by atoms with Crippen molar-refractivity contribution < 1.29 is 28.9 Å². The van der Waals surface area contributed by atoms with E-state index in [0.29, 0.717) is 5.75 Å². The van der Waals surface area contributed by atoms with Gasteiger partial charge in [0, 0.05) is 13.0 Å². The molecule has 110 valence electrons. The maximum Gasteiger partial charge on any atom is 0.326 e. The summed E-state index contributed by atoms with van der Waals surface area (Å²) in [4.78, 5) is 22.2. The number of carboxylic acids is 1. The number of carbonyl (C=O) groups excluding carboxylic acids is 1. The minimum atomic E-state index is -1.20. The summed E-state index contributed by atoms with van der Waals surface area (Å²) in [6, 6.07) is 4.21. The van der Waals surface area contributed by atoms with Crippen LogP contribution in [0.15, 0.2) is 24.3 Å². The molecule has 0 saturated heterocycles. The quantitative estimate of drug-likeness (QED) is 0.648. The second-order valence-corrected chi connectivity index (χ2v) is 4.02. The number of rotatable bonds is 8. The Bertz CT molecular complexity index is 449.